The normalized spacial score (nSPS) is 18.0. The van der Waals surface area contributed by atoms with Crippen LogP contribution in [-0.2, 0) is 4.74 Å². The van der Waals surface area contributed by atoms with Crippen molar-refractivity contribution in [1.82, 2.24) is 20.2 Å². The molecule has 2 heterocycles. The third kappa shape index (κ3) is 6.59. The van der Waals surface area contributed by atoms with Crippen molar-refractivity contribution in [3.8, 4) is 0 Å². The van der Waals surface area contributed by atoms with Crippen molar-refractivity contribution in [3.05, 3.63) is 29.1 Å². The number of ether oxygens (including phenoxy) is 1. The van der Waals surface area contributed by atoms with Crippen molar-refractivity contribution in [1.29, 1.82) is 0 Å². The Kier molecular flexibility index (Phi) is 7.59. The van der Waals surface area contributed by atoms with Crippen molar-refractivity contribution in [2.75, 3.05) is 51.3 Å². The predicted octanol–water partition coefficient (Wildman–Crippen LogP) is 2.15. The lowest BCUT2D eigenvalue weighted by Gasteiger charge is -2.26. The topological polar surface area (TPSA) is 79.4 Å². The Bertz CT molecular complexity index is 656. The Morgan fingerprint density at radius 3 is 2.85 bits per heavy atom. The van der Waals surface area contributed by atoms with Crippen LogP contribution in [-0.4, -0.2) is 66.7 Å². The molecule has 1 aromatic heterocycles. The molecular formula is C20H31N5O2. The number of rotatable bonds is 8. The summed E-state index contributed by atoms with van der Waals surface area (Å²) in [4.78, 5) is 23.6. The quantitative estimate of drug-likeness (QED) is 0.680. The van der Waals surface area contributed by atoms with Gasteiger partial charge in [0.1, 0.15) is 5.69 Å². The molecule has 148 valence electrons. The Balaban J connectivity index is 1.46. The number of nitrogens with zero attached hydrogens (tertiary/aromatic N) is 3. The number of aryl methyl sites for hydroxylation is 1. The van der Waals surface area contributed by atoms with Gasteiger partial charge in [-0.05, 0) is 45.1 Å². The van der Waals surface area contributed by atoms with Crippen LogP contribution in [0.5, 0.6) is 0 Å². The molecule has 0 bridgehead atoms. The largest absolute Gasteiger partial charge is 0.379 e. The summed E-state index contributed by atoms with van der Waals surface area (Å²) in [5.74, 6) is 0.386. The molecule has 1 aliphatic carbocycles. The van der Waals surface area contributed by atoms with Crippen LogP contribution in [0.15, 0.2) is 17.7 Å². The summed E-state index contributed by atoms with van der Waals surface area (Å²) in [5, 5.41) is 6.23. The van der Waals surface area contributed by atoms with Crippen molar-refractivity contribution in [3.63, 3.8) is 0 Å². The summed E-state index contributed by atoms with van der Waals surface area (Å²) in [6.45, 7) is 7.72. The number of hydrogen-bond acceptors (Lipinski definition) is 6. The Labute approximate surface area is 161 Å². The Morgan fingerprint density at radius 2 is 2.07 bits per heavy atom. The number of carbonyl (C=O) groups is 1. The summed E-state index contributed by atoms with van der Waals surface area (Å²) in [7, 11) is 0. The maximum atomic E-state index is 12.4. The van der Waals surface area contributed by atoms with E-state index in [2.05, 4.69) is 31.6 Å². The zero-order chi connectivity index (χ0) is 18.9. The van der Waals surface area contributed by atoms with Gasteiger partial charge in [-0.1, -0.05) is 11.6 Å². The molecule has 27 heavy (non-hydrogen) atoms. The average Bonchev–Trinajstić information content (AvgIpc) is 2.69. The Morgan fingerprint density at radius 1 is 1.22 bits per heavy atom. The first-order valence-corrected chi connectivity index (χ1v) is 10.1. The lowest BCUT2D eigenvalue weighted by atomic mass is 9.97. The molecule has 0 unspecified atom stereocenters. The van der Waals surface area contributed by atoms with Crippen LogP contribution in [0.4, 0.5) is 5.95 Å². The van der Waals surface area contributed by atoms with Crippen molar-refractivity contribution in [2.24, 2.45) is 0 Å². The molecule has 3 rings (SSSR count). The number of hydrogen-bond donors (Lipinski definition) is 2. The highest BCUT2D eigenvalue weighted by molar-refractivity contribution is 5.92. The number of amides is 1. The van der Waals surface area contributed by atoms with Gasteiger partial charge in [-0.2, -0.15) is 0 Å². The lowest BCUT2D eigenvalue weighted by molar-refractivity contribution is 0.0398. The van der Waals surface area contributed by atoms with E-state index in [-0.39, 0.29) is 5.91 Å². The van der Waals surface area contributed by atoms with Crippen LogP contribution in [0.2, 0.25) is 0 Å². The summed E-state index contributed by atoms with van der Waals surface area (Å²) >= 11 is 0. The van der Waals surface area contributed by atoms with E-state index >= 15 is 0 Å². The van der Waals surface area contributed by atoms with Crippen LogP contribution in [0.3, 0.4) is 0 Å². The molecule has 1 fully saturated rings. The number of carbonyl (C=O) groups excluding carboxylic acids is 1. The summed E-state index contributed by atoms with van der Waals surface area (Å²) in [6, 6.07) is 1.74. The molecule has 7 heteroatoms. The minimum atomic E-state index is -0.131. The molecule has 1 saturated heterocycles. The van der Waals surface area contributed by atoms with Crippen molar-refractivity contribution < 1.29 is 9.53 Å². The number of aromatic nitrogens is 2. The maximum Gasteiger partial charge on any atom is 0.270 e. The average molecular weight is 374 g/mol. The zero-order valence-electron chi connectivity index (χ0n) is 16.3. The highest BCUT2D eigenvalue weighted by atomic mass is 16.5. The standard InChI is InChI=1S/C20H31N5O2/c1-16-15-18(19(26)21-8-7-17-5-3-2-4-6-17)24-20(23-16)22-9-10-25-11-13-27-14-12-25/h5,15H,2-4,6-14H2,1H3,(H,21,26)(H,22,23,24). The summed E-state index contributed by atoms with van der Waals surface area (Å²) in [5.41, 5.74) is 2.68. The van der Waals surface area contributed by atoms with E-state index in [0.29, 0.717) is 18.2 Å². The number of allylic oxidation sites excluding steroid dienone is 1. The minimum Gasteiger partial charge on any atom is -0.379 e. The van der Waals surface area contributed by atoms with Crippen LogP contribution >= 0.6 is 0 Å². The maximum absolute atomic E-state index is 12.4. The second kappa shape index (κ2) is 10.4. The van der Waals surface area contributed by atoms with Gasteiger partial charge in [0.15, 0.2) is 0 Å². The van der Waals surface area contributed by atoms with Crippen LogP contribution < -0.4 is 10.6 Å². The Hall–Kier alpha value is -1.99. The van der Waals surface area contributed by atoms with E-state index in [4.69, 9.17) is 4.74 Å². The molecule has 2 N–H and O–H groups in total. The van der Waals surface area contributed by atoms with Gasteiger partial charge in [0.2, 0.25) is 5.95 Å². The van der Waals surface area contributed by atoms with Gasteiger partial charge >= 0.3 is 0 Å². The molecular weight excluding hydrogens is 342 g/mol. The van der Waals surface area contributed by atoms with E-state index in [9.17, 15) is 4.79 Å². The van der Waals surface area contributed by atoms with Gasteiger partial charge in [-0.3, -0.25) is 9.69 Å². The third-order valence-electron chi connectivity index (χ3n) is 5.02. The van der Waals surface area contributed by atoms with Gasteiger partial charge in [-0.15, -0.1) is 0 Å². The molecule has 1 amide bonds. The molecule has 7 nitrogen and oxygen atoms in total. The van der Waals surface area contributed by atoms with E-state index < -0.39 is 0 Å². The molecule has 0 spiro atoms. The molecule has 1 aromatic rings. The molecule has 0 saturated carbocycles. The second-order valence-corrected chi connectivity index (χ2v) is 7.21. The van der Waals surface area contributed by atoms with Gasteiger partial charge in [0, 0.05) is 38.4 Å². The second-order valence-electron chi connectivity index (χ2n) is 7.21. The summed E-state index contributed by atoms with van der Waals surface area (Å²) < 4.78 is 5.36. The molecule has 0 radical (unpaired) electrons. The van der Waals surface area contributed by atoms with Crippen LogP contribution in [0, 0.1) is 6.92 Å². The van der Waals surface area contributed by atoms with Gasteiger partial charge in [0.25, 0.3) is 5.91 Å². The fourth-order valence-corrected chi connectivity index (χ4v) is 3.47. The zero-order valence-corrected chi connectivity index (χ0v) is 16.3. The first-order valence-electron chi connectivity index (χ1n) is 10.1. The SMILES string of the molecule is Cc1cc(C(=O)NCCC2=CCCCC2)nc(NCCN2CCOCC2)n1. The smallest absolute Gasteiger partial charge is 0.270 e. The fraction of sp³-hybridized carbons (Fsp3) is 0.650. The number of anilines is 1. The van der Waals surface area contributed by atoms with Crippen LogP contribution in [0.1, 0.15) is 48.3 Å². The third-order valence-corrected chi connectivity index (χ3v) is 5.02. The highest BCUT2D eigenvalue weighted by Crippen LogP contribution is 2.19. The van der Waals surface area contributed by atoms with E-state index in [1.165, 1.54) is 31.3 Å². The summed E-state index contributed by atoms with van der Waals surface area (Å²) in [6.07, 6.45) is 8.15. The molecule has 0 aromatic carbocycles. The highest BCUT2D eigenvalue weighted by Gasteiger charge is 2.12. The first-order chi connectivity index (χ1) is 13.2. The number of morpholine rings is 1. The van der Waals surface area contributed by atoms with Crippen LogP contribution in [0.25, 0.3) is 0 Å². The molecule has 1 aliphatic heterocycles. The van der Waals surface area contributed by atoms with Crippen molar-refractivity contribution in [2.45, 2.75) is 39.0 Å². The van der Waals surface area contributed by atoms with Crippen molar-refractivity contribution >= 4 is 11.9 Å². The fourth-order valence-electron chi connectivity index (χ4n) is 3.47. The lowest BCUT2D eigenvalue weighted by Crippen LogP contribution is -2.39. The molecule has 2 aliphatic rings. The minimum absolute atomic E-state index is 0.131. The predicted molar refractivity (Wildman–Crippen MR) is 106 cm³/mol. The van der Waals surface area contributed by atoms with Gasteiger partial charge in [-0.25, -0.2) is 9.97 Å². The van der Waals surface area contributed by atoms with Gasteiger partial charge < -0.3 is 15.4 Å². The molecule has 0 atom stereocenters. The van der Waals surface area contributed by atoms with Gasteiger partial charge in [0.05, 0.1) is 13.2 Å². The van der Waals surface area contributed by atoms with E-state index in [1.54, 1.807) is 6.07 Å². The van der Waals surface area contributed by atoms with E-state index in [0.717, 1.165) is 51.5 Å². The van der Waals surface area contributed by atoms with E-state index in [1.807, 2.05) is 6.92 Å². The first kappa shape index (κ1) is 19.8. The monoisotopic (exact) mass is 373 g/mol. The number of nitrogens with one attached hydrogen (secondary N) is 2.